The lowest BCUT2D eigenvalue weighted by Crippen LogP contribution is -2.26. The third-order valence-corrected chi connectivity index (χ3v) is 3.67. The summed E-state index contributed by atoms with van der Waals surface area (Å²) in [7, 11) is 0. The topological polar surface area (TPSA) is 84.2 Å². The zero-order chi connectivity index (χ0) is 15.2. The summed E-state index contributed by atoms with van der Waals surface area (Å²) in [4.78, 5) is 23.6. The zero-order valence-electron chi connectivity index (χ0n) is 11.8. The molecule has 1 aromatic carbocycles. The van der Waals surface area contributed by atoms with Gasteiger partial charge in [0.25, 0.3) is 0 Å². The highest BCUT2D eigenvalue weighted by molar-refractivity contribution is 6.00. The number of carbonyl (C=O) groups excluding carboxylic acids is 2. The molecule has 0 bridgehead atoms. The van der Waals surface area contributed by atoms with Crippen LogP contribution < -0.4 is 16.4 Å². The normalized spacial score (nSPS) is 15.5. The lowest BCUT2D eigenvalue weighted by molar-refractivity contribution is -0.120. The van der Waals surface area contributed by atoms with E-state index in [0.717, 1.165) is 32.1 Å². The first-order chi connectivity index (χ1) is 10.1. The maximum atomic E-state index is 13.3. The molecule has 1 saturated carbocycles. The largest absolute Gasteiger partial charge is 0.324 e. The Hall–Kier alpha value is -1.95. The quantitative estimate of drug-likeness (QED) is 0.796. The Morgan fingerprint density at radius 3 is 2.52 bits per heavy atom. The smallest absolute Gasteiger partial charge is 0.238 e. The van der Waals surface area contributed by atoms with Crippen molar-refractivity contribution >= 4 is 23.2 Å². The lowest BCUT2D eigenvalue weighted by Gasteiger charge is -2.21. The second-order valence-corrected chi connectivity index (χ2v) is 5.27. The molecular formula is C15H20FN3O2. The number of carbonyl (C=O) groups is 2. The SMILES string of the molecule is NCC(=O)Nc1cc(F)ccc1NC(=O)C1CCCCC1. The highest BCUT2D eigenvalue weighted by atomic mass is 19.1. The molecule has 2 amide bonds. The molecule has 4 N–H and O–H groups in total. The molecule has 2 rings (SSSR count). The molecule has 0 radical (unpaired) electrons. The highest BCUT2D eigenvalue weighted by Crippen LogP contribution is 2.27. The van der Waals surface area contributed by atoms with Crippen molar-refractivity contribution in [2.24, 2.45) is 11.7 Å². The van der Waals surface area contributed by atoms with Gasteiger partial charge in [-0.15, -0.1) is 0 Å². The number of nitrogens with one attached hydrogen (secondary N) is 2. The van der Waals surface area contributed by atoms with E-state index in [1.165, 1.54) is 18.2 Å². The van der Waals surface area contributed by atoms with E-state index in [0.29, 0.717) is 5.69 Å². The number of anilines is 2. The molecular weight excluding hydrogens is 273 g/mol. The Morgan fingerprint density at radius 1 is 1.14 bits per heavy atom. The van der Waals surface area contributed by atoms with Gasteiger partial charge in [-0.2, -0.15) is 0 Å². The standard InChI is InChI=1S/C15H20FN3O2/c16-11-6-7-12(13(8-11)18-14(20)9-17)19-15(21)10-4-2-1-3-5-10/h6-8,10H,1-5,9,17H2,(H,18,20)(H,19,21). The first-order valence-corrected chi connectivity index (χ1v) is 7.20. The van der Waals surface area contributed by atoms with Crippen LogP contribution in [0, 0.1) is 11.7 Å². The van der Waals surface area contributed by atoms with Crippen molar-refractivity contribution < 1.29 is 14.0 Å². The number of hydrogen-bond acceptors (Lipinski definition) is 3. The van der Waals surface area contributed by atoms with Gasteiger partial charge in [0.2, 0.25) is 11.8 Å². The van der Waals surface area contributed by atoms with E-state index < -0.39 is 11.7 Å². The van der Waals surface area contributed by atoms with Gasteiger partial charge >= 0.3 is 0 Å². The Balaban J connectivity index is 2.10. The molecule has 5 nitrogen and oxygen atoms in total. The summed E-state index contributed by atoms with van der Waals surface area (Å²) in [6.07, 6.45) is 5.02. The molecule has 1 aliphatic rings. The minimum absolute atomic E-state index is 0.0122. The third kappa shape index (κ3) is 4.26. The minimum atomic E-state index is -0.488. The predicted octanol–water partition coefficient (Wildman–Crippen LogP) is 2.24. The highest BCUT2D eigenvalue weighted by Gasteiger charge is 2.22. The maximum Gasteiger partial charge on any atom is 0.238 e. The van der Waals surface area contributed by atoms with Crippen LogP contribution in [0.4, 0.5) is 15.8 Å². The molecule has 0 unspecified atom stereocenters. The summed E-state index contributed by atoms with van der Waals surface area (Å²) >= 11 is 0. The fourth-order valence-electron chi connectivity index (χ4n) is 2.53. The van der Waals surface area contributed by atoms with Crippen molar-refractivity contribution in [2.45, 2.75) is 32.1 Å². The molecule has 0 aliphatic heterocycles. The molecule has 0 atom stereocenters. The summed E-state index contributed by atoms with van der Waals surface area (Å²) in [5.41, 5.74) is 5.86. The summed E-state index contributed by atoms with van der Waals surface area (Å²) in [5.74, 6) is -1.02. The number of hydrogen-bond donors (Lipinski definition) is 3. The minimum Gasteiger partial charge on any atom is -0.324 e. The summed E-state index contributed by atoms with van der Waals surface area (Å²) < 4.78 is 13.3. The van der Waals surface area contributed by atoms with Crippen molar-refractivity contribution in [1.82, 2.24) is 0 Å². The van der Waals surface area contributed by atoms with E-state index in [4.69, 9.17) is 5.73 Å². The van der Waals surface area contributed by atoms with Crippen LogP contribution in [0.25, 0.3) is 0 Å². The summed E-state index contributed by atoms with van der Waals surface area (Å²) in [6, 6.07) is 3.86. The van der Waals surface area contributed by atoms with Crippen molar-refractivity contribution in [3.63, 3.8) is 0 Å². The van der Waals surface area contributed by atoms with Crippen LogP contribution in [0.1, 0.15) is 32.1 Å². The van der Waals surface area contributed by atoms with Crippen LogP contribution in [0.15, 0.2) is 18.2 Å². The molecule has 0 heterocycles. The molecule has 0 saturated heterocycles. The number of benzene rings is 1. The monoisotopic (exact) mass is 293 g/mol. The average Bonchev–Trinajstić information content (AvgIpc) is 2.50. The van der Waals surface area contributed by atoms with Gasteiger partial charge < -0.3 is 16.4 Å². The number of halogens is 1. The number of amides is 2. The first kappa shape index (κ1) is 15.4. The summed E-state index contributed by atoms with van der Waals surface area (Å²) in [6.45, 7) is -0.202. The van der Waals surface area contributed by atoms with Crippen molar-refractivity contribution in [2.75, 3.05) is 17.2 Å². The molecule has 1 aromatic rings. The molecule has 6 heteroatoms. The molecule has 114 valence electrons. The number of rotatable bonds is 4. The van der Waals surface area contributed by atoms with Gasteiger partial charge in [-0.05, 0) is 31.0 Å². The van der Waals surface area contributed by atoms with Crippen LogP contribution in [0.3, 0.4) is 0 Å². The lowest BCUT2D eigenvalue weighted by atomic mass is 9.88. The van der Waals surface area contributed by atoms with Gasteiger partial charge in [-0.25, -0.2) is 4.39 Å². The van der Waals surface area contributed by atoms with E-state index in [-0.39, 0.29) is 24.1 Å². The van der Waals surface area contributed by atoms with E-state index in [9.17, 15) is 14.0 Å². The van der Waals surface area contributed by atoms with Crippen LogP contribution in [-0.2, 0) is 9.59 Å². The van der Waals surface area contributed by atoms with Gasteiger partial charge in [0.15, 0.2) is 0 Å². The maximum absolute atomic E-state index is 13.3. The number of nitrogens with two attached hydrogens (primary N) is 1. The molecule has 0 spiro atoms. The predicted molar refractivity (Wildman–Crippen MR) is 79.3 cm³/mol. The van der Waals surface area contributed by atoms with E-state index >= 15 is 0 Å². The van der Waals surface area contributed by atoms with Gasteiger partial charge in [-0.3, -0.25) is 9.59 Å². The van der Waals surface area contributed by atoms with E-state index in [2.05, 4.69) is 10.6 Å². The Bertz CT molecular complexity index is 528. The molecule has 21 heavy (non-hydrogen) atoms. The molecule has 1 fully saturated rings. The third-order valence-electron chi connectivity index (χ3n) is 3.67. The summed E-state index contributed by atoms with van der Waals surface area (Å²) in [5, 5.41) is 5.27. The average molecular weight is 293 g/mol. The van der Waals surface area contributed by atoms with Crippen molar-refractivity contribution in [1.29, 1.82) is 0 Å². The van der Waals surface area contributed by atoms with Crippen LogP contribution in [0.5, 0.6) is 0 Å². The van der Waals surface area contributed by atoms with Crippen LogP contribution in [-0.4, -0.2) is 18.4 Å². The van der Waals surface area contributed by atoms with Crippen LogP contribution in [0.2, 0.25) is 0 Å². The van der Waals surface area contributed by atoms with Gasteiger partial charge in [-0.1, -0.05) is 19.3 Å². The second-order valence-electron chi connectivity index (χ2n) is 5.27. The van der Waals surface area contributed by atoms with Crippen LogP contribution >= 0.6 is 0 Å². The van der Waals surface area contributed by atoms with E-state index in [1.807, 2.05) is 0 Å². The Kier molecular flexibility index (Phi) is 5.27. The Morgan fingerprint density at radius 2 is 1.86 bits per heavy atom. The molecule has 1 aliphatic carbocycles. The van der Waals surface area contributed by atoms with Gasteiger partial charge in [0.1, 0.15) is 5.82 Å². The van der Waals surface area contributed by atoms with Crippen molar-refractivity contribution in [3.05, 3.63) is 24.0 Å². The molecule has 0 aromatic heterocycles. The van der Waals surface area contributed by atoms with Crippen molar-refractivity contribution in [3.8, 4) is 0 Å². The Labute approximate surface area is 123 Å². The van der Waals surface area contributed by atoms with E-state index in [1.54, 1.807) is 0 Å². The fraction of sp³-hybridized carbons (Fsp3) is 0.467. The second kappa shape index (κ2) is 7.17. The van der Waals surface area contributed by atoms with Gasteiger partial charge in [0.05, 0.1) is 17.9 Å². The van der Waals surface area contributed by atoms with Gasteiger partial charge in [0, 0.05) is 5.92 Å². The first-order valence-electron chi connectivity index (χ1n) is 7.20. The fourth-order valence-corrected chi connectivity index (χ4v) is 2.53. The zero-order valence-corrected chi connectivity index (χ0v) is 11.8.